The Morgan fingerprint density at radius 3 is 2.30 bits per heavy atom. The highest BCUT2D eigenvalue weighted by atomic mass is 16.5. The van der Waals surface area contributed by atoms with Crippen molar-refractivity contribution in [3.63, 3.8) is 0 Å². The number of benzene rings is 3. The molecule has 57 heavy (non-hydrogen) atoms. The van der Waals surface area contributed by atoms with E-state index in [4.69, 9.17) is 4.74 Å². The molecule has 302 valence electrons. The van der Waals surface area contributed by atoms with Gasteiger partial charge >= 0.3 is 0 Å². The van der Waals surface area contributed by atoms with Gasteiger partial charge in [0.1, 0.15) is 17.8 Å². The zero-order valence-corrected chi connectivity index (χ0v) is 32.6. The topological polar surface area (TPSA) is 164 Å². The summed E-state index contributed by atoms with van der Waals surface area (Å²) in [6, 6.07) is 21.4. The highest BCUT2D eigenvalue weighted by Gasteiger charge is 2.40. The second-order valence-electron chi connectivity index (χ2n) is 15.9. The van der Waals surface area contributed by atoms with Gasteiger partial charge in [-0.15, -0.1) is 0 Å². The molecule has 0 radical (unpaired) electrons. The lowest BCUT2D eigenvalue weighted by atomic mass is 9.93. The number of anilines is 1. The van der Waals surface area contributed by atoms with Crippen LogP contribution in [0.1, 0.15) is 47.2 Å². The highest BCUT2D eigenvalue weighted by molar-refractivity contribution is 5.95. The van der Waals surface area contributed by atoms with Gasteiger partial charge in [0, 0.05) is 69.4 Å². The van der Waals surface area contributed by atoms with Gasteiger partial charge in [0.05, 0.1) is 18.7 Å². The maximum atomic E-state index is 14.4. The molecule has 14 heteroatoms. The zero-order chi connectivity index (χ0) is 40.1. The van der Waals surface area contributed by atoms with E-state index in [1.165, 1.54) is 11.8 Å². The maximum absolute atomic E-state index is 14.4. The van der Waals surface area contributed by atoms with E-state index in [2.05, 4.69) is 32.8 Å². The zero-order valence-electron chi connectivity index (χ0n) is 32.6. The predicted octanol–water partition coefficient (Wildman–Crippen LogP) is 1.39. The van der Waals surface area contributed by atoms with E-state index >= 15 is 0 Å². The Balaban J connectivity index is 1.17. The largest absolute Gasteiger partial charge is 0.484 e. The van der Waals surface area contributed by atoms with Gasteiger partial charge in [-0.1, -0.05) is 42.5 Å². The summed E-state index contributed by atoms with van der Waals surface area (Å²) in [6.45, 7) is 5.19. The van der Waals surface area contributed by atoms with Crippen molar-refractivity contribution < 1.29 is 33.8 Å². The minimum atomic E-state index is -1.31. The Bertz CT molecular complexity index is 1910. The summed E-state index contributed by atoms with van der Waals surface area (Å²) in [5.41, 5.74) is 3.23. The first kappa shape index (κ1) is 39.8. The molecule has 0 aromatic heterocycles. The molecule has 0 unspecified atom stereocenters. The second-order valence-corrected chi connectivity index (χ2v) is 15.9. The first-order valence-electron chi connectivity index (χ1n) is 20.0. The van der Waals surface area contributed by atoms with Crippen molar-refractivity contribution in [2.75, 3.05) is 70.9 Å². The molecule has 4 N–H and O–H groups in total. The number of piperazine rings is 1. The molecule has 3 heterocycles. The van der Waals surface area contributed by atoms with E-state index < -0.39 is 54.5 Å². The van der Waals surface area contributed by atoms with Crippen LogP contribution in [-0.4, -0.2) is 140 Å². The monoisotopic (exact) mass is 779 g/mol. The summed E-state index contributed by atoms with van der Waals surface area (Å²) in [4.78, 5) is 76.9. The van der Waals surface area contributed by atoms with Crippen LogP contribution in [0.5, 0.6) is 5.75 Å². The third kappa shape index (κ3) is 10.1. The molecule has 4 aliphatic rings. The van der Waals surface area contributed by atoms with Crippen LogP contribution in [0.3, 0.4) is 0 Å². The number of nitrogens with one attached hydrogen (secondary N) is 3. The Morgan fingerprint density at radius 1 is 0.860 bits per heavy atom. The van der Waals surface area contributed by atoms with E-state index in [0.717, 1.165) is 55.8 Å². The van der Waals surface area contributed by atoms with Gasteiger partial charge in [-0.2, -0.15) is 0 Å². The van der Waals surface area contributed by atoms with E-state index in [1.807, 2.05) is 60.7 Å². The molecular weight excluding hydrogens is 727 g/mol. The van der Waals surface area contributed by atoms with Crippen LogP contribution in [0.2, 0.25) is 0 Å². The number of likely N-dealkylation sites (tertiary alicyclic amines) is 1. The summed E-state index contributed by atoms with van der Waals surface area (Å²) in [6.07, 6.45) is 0.723. The number of carbonyl (C=O) groups is 5. The van der Waals surface area contributed by atoms with Gasteiger partial charge in [-0.05, 0) is 80.3 Å². The number of hydrogen-bond donors (Lipinski definition) is 4. The van der Waals surface area contributed by atoms with E-state index in [0.29, 0.717) is 17.9 Å². The lowest BCUT2D eigenvalue weighted by Gasteiger charge is -2.34. The highest BCUT2D eigenvalue weighted by Crippen LogP contribution is 2.32. The maximum Gasteiger partial charge on any atom is 0.258 e. The van der Waals surface area contributed by atoms with Crippen molar-refractivity contribution in [3.8, 4) is 5.75 Å². The summed E-state index contributed by atoms with van der Waals surface area (Å²) < 4.78 is 5.89. The first-order valence-corrected chi connectivity index (χ1v) is 20.0. The number of aliphatic hydroxyl groups excluding tert-OH is 1. The van der Waals surface area contributed by atoms with Crippen LogP contribution in [-0.2, 0) is 25.6 Å². The van der Waals surface area contributed by atoms with Gasteiger partial charge in [0.15, 0.2) is 6.61 Å². The Kier molecular flexibility index (Phi) is 12.4. The lowest BCUT2D eigenvalue weighted by molar-refractivity contribution is -0.143. The molecule has 2 saturated heterocycles. The van der Waals surface area contributed by atoms with Crippen LogP contribution >= 0.6 is 0 Å². The number of amides is 5. The Morgan fingerprint density at radius 2 is 1.60 bits per heavy atom. The van der Waals surface area contributed by atoms with Crippen molar-refractivity contribution in [2.24, 2.45) is 5.92 Å². The SMILES string of the molecule is C[C@@H](O)[C@@H]1NC(=O)COc2cccc(c2)[C@H]2CN(C(=O)c3ccc(N4CCN(C)CC4)cc3)C[C@@H]2NC(=O)[C@H](Cc2ccccc2)NC(=O)CN(CC2CC2)C1=O. The fourth-order valence-corrected chi connectivity index (χ4v) is 7.90. The lowest BCUT2D eigenvalue weighted by Crippen LogP contribution is -2.58. The molecule has 3 aromatic carbocycles. The standard InChI is InChI=1S/C43H53N7O7/c1-28(51)40-43(56)49(23-30-11-12-30)26-38(52)44-36(21-29-7-4-3-5-8-29)41(54)45-37-25-50(24-35(37)32-9-6-10-34(22-32)57-27-39(53)46-40)42(55)31-13-15-33(16-14-31)48-19-17-47(2)18-20-48/h3-10,13-16,22,28,30,35-37,40,51H,11-12,17-21,23-27H2,1-2H3,(H,44,52)(H,45,54)(H,46,53)/t28-,35-,36+,37+,40+/m1/s1. The number of fused-ring (bicyclic) bond motifs is 4. The summed E-state index contributed by atoms with van der Waals surface area (Å²) in [7, 11) is 2.11. The van der Waals surface area contributed by atoms with Crippen molar-refractivity contribution in [2.45, 2.75) is 56.3 Å². The van der Waals surface area contributed by atoms with E-state index in [-0.39, 0.29) is 43.8 Å². The van der Waals surface area contributed by atoms with E-state index in [1.54, 1.807) is 23.1 Å². The van der Waals surface area contributed by atoms with Crippen LogP contribution in [0.25, 0.3) is 0 Å². The molecule has 3 fully saturated rings. The fraction of sp³-hybridized carbons (Fsp3) is 0.465. The first-order chi connectivity index (χ1) is 27.5. The number of ether oxygens (including phenoxy) is 1. The normalized spacial score (nSPS) is 24.6. The van der Waals surface area contributed by atoms with Crippen molar-refractivity contribution in [3.05, 3.63) is 95.6 Å². The molecule has 1 saturated carbocycles. The number of hydrogen-bond acceptors (Lipinski definition) is 9. The van der Waals surface area contributed by atoms with Crippen LogP contribution in [0, 0.1) is 5.92 Å². The van der Waals surface area contributed by atoms with Crippen molar-refractivity contribution in [1.29, 1.82) is 0 Å². The van der Waals surface area contributed by atoms with Gasteiger partial charge in [-0.25, -0.2) is 0 Å². The molecule has 2 bridgehead atoms. The second kappa shape index (κ2) is 17.8. The fourth-order valence-electron chi connectivity index (χ4n) is 7.90. The minimum absolute atomic E-state index is 0.161. The van der Waals surface area contributed by atoms with E-state index in [9.17, 15) is 29.1 Å². The number of aliphatic hydroxyl groups is 1. The molecule has 3 aliphatic heterocycles. The smallest absolute Gasteiger partial charge is 0.258 e. The number of likely N-dealkylation sites (N-methyl/N-ethyl adjacent to an activating group) is 1. The Labute approximate surface area is 333 Å². The molecule has 5 atom stereocenters. The molecule has 0 spiro atoms. The third-order valence-electron chi connectivity index (χ3n) is 11.4. The van der Waals surface area contributed by atoms with Crippen molar-refractivity contribution >= 4 is 35.2 Å². The summed E-state index contributed by atoms with van der Waals surface area (Å²) in [5, 5.41) is 19.3. The van der Waals surface area contributed by atoms with Crippen LogP contribution in [0.15, 0.2) is 78.9 Å². The number of rotatable bonds is 7. The van der Waals surface area contributed by atoms with Gasteiger partial charge in [0.25, 0.3) is 11.8 Å². The third-order valence-corrected chi connectivity index (χ3v) is 11.4. The molecule has 7 rings (SSSR count). The summed E-state index contributed by atoms with van der Waals surface area (Å²) in [5.74, 6) is -2.10. The number of nitrogens with zero attached hydrogens (tertiary/aromatic N) is 4. The van der Waals surface area contributed by atoms with Crippen LogP contribution < -0.4 is 25.6 Å². The predicted molar refractivity (Wildman–Crippen MR) is 214 cm³/mol. The van der Waals surface area contributed by atoms with Gasteiger partial charge in [0.2, 0.25) is 17.7 Å². The molecule has 3 aromatic rings. The average molecular weight is 780 g/mol. The molecule has 1 aliphatic carbocycles. The van der Waals surface area contributed by atoms with Gasteiger partial charge in [-0.3, -0.25) is 24.0 Å². The number of carbonyl (C=O) groups excluding carboxylic acids is 5. The van der Waals surface area contributed by atoms with Crippen molar-refractivity contribution in [1.82, 2.24) is 30.7 Å². The van der Waals surface area contributed by atoms with Gasteiger partial charge < -0.3 is 45.4 Å². The molecular formula is C43H53N7O7. The summed E-state index contributed by atoms with van der Waals surface area (Å²) >= 11 is 0. The molecule has 5 amide bonds. The average Bonchev–Trinajstić information content (AvgIpc) is 3.94. The van der Waals surface area contributed by atoms with Crippen LogP contribution in [0.4, 0.5) is 5.69 Å². The molecule has 14 nitrogen and oxygen atoms in total. The minimum Gasteiger partial charge on any atom is -0.484 e. The Hall–Kier alpha value is -5.47. The quantitative estimate of drug-likeness (QED) is 0.278.